The molecule has 0 radical (unpaired) electrons. The zero-order chi connectivity index (χ0) is 35.3. The lowest BCUT2D eigenvalue weighted by atomic mass is 9.94. The van der Waals surface area contributed by atoms with Gasteiger partial charge in [-0.15, -0.1) is 11.3 Å². The standard InChI is InChI=1S/C49H28N2O2S/c1-2-10-29(11-3-1)49-50-47-38-23-22-34(37-16-9-17-39(46(37)38)48(47)53-49)30-12-8-13-31(26-30)51(32-20-24-43-40(27-32)35-14-4-6-18-42(35)52-43)33-21-25-45-41(28-33)36-15-5-7-19-44(36)54-45/h1-28H. The second-order valence-electron chi connectivity index (χ2n) is 13.9. The number of furan rings is 1. The molecule has 3 heterocycles. The van der Waals surface area contributed by atoms with Gasteiger partial charge < -0.3 is 13.7 Å². The maximum absolute atomic E-state index is 6.46. The molecule has 0 bridgehead atoms. The first-order chi connectivity index (χ1) is 26.7. The zero-order valence-corrected chi connectivity index (χ0v) is 29.6. The lowest BCUT2D eigenvalue weighted by molar-refractivity contribution is 0.590. The van der Waals surface area contributed by atoms with Crippen LogP contribution in [0.2, 0.25) is 0 Å². The first kappa shape index (κ1) is 29.6. The van der Waals surface area contributed by atoms with E-state index in [2.05, 4.69) is 132 Å². The number of fused-ring (bicyclic) bond motifs is 9. The van der Waals surface area contributed by atoms with Crippen molar-refractivity contribution >= 4 is 81.3 Å². The second-order valence-corrected chi connectivity index (χ2v) is 15.0. The predicted octanol–water partition coefficient (Wildman–Crippen LogP) is 14.5. The molecule has 4 nitrogen and oxygen atoms in total. The van der Waals surface area contributed by atoms with Gasteiger partial charge in [0.25, 0.3) is 0 Å². The van der Waals surface area contributed by atoms with E-state index in [-0.39, 0.29) is 0 Å². The Morgan fingerprint density at radius 1 is 0.426 bits per heavy atom. The van der Waals surface area contributed by atoms with Crippen LogP contribution in [0, 0.1) is 0 Å². The number of nitrogens with zero attached hydrogens (tertiary/aromatic N) is 2. The Balaban J connectivity index is 1.03. The molecule has 0 unspecified atom stereocenters. The van der Waals surface area contributed by atoms with Gasteiger partial charge in [0.15, 0.2) is 5.76 Å². The average molecular weight is 709 g/mol. The summed E-state index contributed by atoms with van der Waals surface area (Å²) in [6.07, 6.45) is 0. The molecule has 0 N–H and O–H groups in total. The molecular formula is C49H28N2O2S. The fraction of sp³-hybridized carbons (Fsp3) is 0. The quantitative estimate of drug-likeness (QED) is 0.178. The molecule has 3 aromatic heterocycles. The summed E-state index contributed by atoms with van der Waals surface area (Å²) in [5, 5.41) is 7.12. The Morgan fingerprint density at radius 3 is 2.04 bits per heavy atom. The van der Waals surface area contributed by atoms with Gasteiger partial charge in [0.05, 0.1) is 0 Å². The highest BCUT2D eigenvalue weighted by atomic mass is 32.1. The molecule has 1 aliphatic carbocycles. The number of anilines is 3. The number of para-hydroxylation sites is 1. The Morgan fingerprint density at radius 2 is 1.11 bits per heavy atom. The van der Waals surface area contributed by atoms with Crippen LogP contribution in [0.15, 0.2) is 179 Å². The van der Waals surface area contributed by atoms with Crippen molar-refractivity contribution in [1.82, 2.24) is 4.98 Å². The minimum Gasteiger partial charge on any atom is -0.456 e. The second kappa shape index (κ2) is 11.3. The normalized spacial score (nSPS) is 12.1. The van der Waals surface area contributed by atoms with Crippen molar-refractivity contribution < 1.29 is 8.83 Å². The van der Waals surface area contributed by atoms with Gasteiger partial charge >= 0.3 is 0 Å². The number of aromatic nitrogens is 1. The van der Waals surface area contributed by atoms with Crippen molar-refractivity contribution in [3.05, 3.63) is 170 Å². The predicted molar refractivity (Wildman–Crippen MR) is 224 cm³/mol. The van der Waals surface area contributed by atoms with E-state index in [1.165, 1.54) is 36.5 Å². The van der Waals surface area contributed by atoms with Gasteiger partial charge in [-0.05, 0) is 89.3 Å². The summed E-state index contributed by atoms with van der Waals surface area (Å²) < 4.78 is 15.3. The molecule has 8 aromatic carbocycles. The third-order valence-electron chi connectivity index (χ3n) is 10.8. The van der Waals surface area contributed by atoms with E-state index in [9.17, 15) is 0 Å². The molecule has 5 heteroatoms. The lowest BCUT2D eigenvalue weighted by Gasteiger charge is -2.26. The minimum atomic E-state index is 0.648. The van der Waals surface area contributed by atoms with Gasteiger partial charge in [-0.1, -0.05) is 97.1 Å². The highest BCUT2D eigenvalue weighted by Gasteiger charge is 2.29. The average Bonchev–Trinajstić information content (AvgIpc) is 4.00. The first-order valence-corrected chi connectivity index (χ1v) is 18.9. The highest BCUT2D eigenvalue weighted by Crippen LogP contribution is 2.51. The summed E-state index contributed by atoms with van der Waals surface area (Å²) in [7, 11) is 0. The third kappa shape index (κ3) is 4.33. The summed E-state index contributed by atoms with van der Waals surface area (Å²) in [6.45, 7) is 0. The van der Waals surface area contributed by atoms with Gasteiger partial charge in [0, 0.05) is 70.1 Å². The van der Waals surface area contributed by atoms with Crippen molar-refractivity contribution in [3.8, 4) is 45.2 Å². The number of thiophene rings is 1. The van der Waals surface area contributed by atoms with E-state index in [0.29, 0.717) is 5.89 Å². The summed E-state index contributed by atoms with van der Waals surface area (Å²) in [6, 6.07) is 60.3. The summed E-state index contributed by atoms with van der Waals surface area (Å²) in [4.78, 5) is 7.38. The number of hydrogen-bond acceptors (Lipinski definition) is 5. The van der Waals surface area contributed by atoms with Crippen molar-refractivity contribution in [1.29, 1.82) is 0 Å². The van der Waals surface area contributed by atoms with Crippen molar-refractivity contribution in [2.24, 2.45) is 0 Å². The van der Waals surface area contributed by atoms with Crippen molar-refractivity contribution in [2.75, 3.05) is 4.90 Å². The van der Waals surface area contributed by atoms with Crippen LogP contribution in [0.5, 0.6) is 0 Å². The molecule has 0 fully saturated rings. The smallest absolute Gasteiger partial charge is 0.227 e. The van der Waals surface area contributed by atoms with Crippen LogP contribution in [0.3, 0.4) is 0 Å². The molecule has 0 aliphatic heterocycles. The molecule has 12 rings (SSSR count). The SMILES string of the molecule is c1ccc(-c2nc3c(o2)-c2cccc4c(-c5cccc(N(c6ccc7oc8ccccc8c7c6)c6ccc7sc8ccccc8c7c6)c5)ccc-3c24)cc1. The minimum absolute atomic E-state index is 0.648. The van der Waals surface area contributed by atoms with Crippen LogP contribution >= 0.6 is 11.3 Å². The van der Waals surface area contributed by atoms with Crippen LogP contribution in [0.1, 0.15) is 0 Å². The summed E-state index contributed by atoms with van der Waals surface area (Å²) >= 11 is 1.84. The zero-order valence-electron chi connectivity index (χ0n) is 28.8. The van der Waals surface area contributed by atoms with E-state index >= 15 is 0 Å². The van der Waals surface area contributed by atoms with Gasteiger partial charge in [-0.25, -0.2) is 4.98 Å². The third-order valence-corrected chi connectivity index (χ3v) is 12.0. The van der Waals surface area contributed by atoms with E-state index in [1.807, 2.05) is 53.8 Å². The van der Waals surface area contributed by atoms with Gasteiger partial charge in [-0.3, -0.25) is 0 Å². The van der Waals surface area contributed by atoms with Gasteiger partial charge in [-0.2, -0.15) is 0 Å². The monoisotopic (exact) mass is 708 g/mol. The number of hydrogen-bond donors (Lipinski definition) is 0. The molecule has 0 saturated heterocycles. The summed E-state index contributed by atoms with van der Waals surface area (Å²) in [5.41, 5.74) is 11.4. The fourth-order valence-corrected chi connectivity index (χ4v) is 9.49. The van der Waals surface area contributed by atoms with Crippen LogP contribution in [0.25, 0.3) is 98.0 Å². The topological polar surface area (TPSA) is 42.4 Å². The van der Waals surface area contributed by atoms with Gasteiger partial charge in [0.1, 0.15) is 16.9 Å². The maximum Gasteiger partial charge on any atom is 0.227 e. The Hall–Kier alpha value is -6.95. The van der Waals surface area contributed by atoms with Crippen LogP contribution in [-0.2, 0) is 0 Å². The Kier molecular flexibility index (Phi) is 6.18. The largest absolute Gasteiger partial charge is 0.456 e. The lowest BCUT2D eigenvalue weighted by Crippen LogP contribution is -2.10. The Bertz CT molecular complexity index is 3160. The molecule has 0 amide bonds. The summed E-state index contributed by atoms with van der Waals surface area (Å²) in [5.74, 6) is 1.49. The first-order valence-electron chi connectivity index (χ1n) is 18.1. The molecule has 1 aliphatic rings. The fourth-order valence-electron chi connectivity index (χ4n) is 8.40. The molecule has 0 saturated carbocycles. The molecule has 11 aromatic rings. The van der Waals surface area contributed by atoms with E-state index in [1.54, 1.807) is 0 Å². The van der Waals surface area contributed by atoms with Crippen LogP contribution in [0.4, 0.5) is 17.1 Å². The molecule has 252 valence electrons. The van der Waals surface area contributed by atoms with Crippen LogP contribution in [-0.4, -0.2) is 4.98 Å². The molecular weight excluding hydrogens is 681 g/mol. The van der Waals surface area contributed by atoms with E-state index in [4.69, 9.17) is 13.8 Å². The van der Waals surface area contributed by atoms with E-state index in [0.717, 1.165) is 72.7 Å². The number of benzene rings is 8. The van der Waals surface area contributed by atoms with Gasteiger partial charge in [0.2, 0.25) is 5.89 Å². The van der Waals surface area contributed by atoms with Crippen molar-refractivity contribution in [3.63, 3.8) is 0 Å². The van der Waals surface area contributed by atoms with Crippen LogP contribution < -0.4 is 4.90 Å². The van der Waals surface area contributed by atoms with E-state index < -0.39 is 0 Å². The molecule has 54 heavy (non-hydrogen) atoms. The Labute approximate surface area is 313 Å². The highest BCUT2D eigenvalue weighted by molar-refractivity contribution is 7.25. The van der Waals surface area contributed by atoms with Crippen molar-refractivity contribution in [2.45, 2.75) is 0 Å². The molecule has 0 spiro atoms. The molecule has 0 atom stereocenters. The maximum atomic E-state index is 6.46. The number of oxazole rings is 1. The number of rotatable bonds is 5.